The van der Waals surface area contributed by atoms with Gasteiger partial charge in [-0.15, -0.1) is 12.4 Å². The highest BCUT2D eigenvalue weighted by Crippen LogP contribution is 2.35. The van der Waals surface area contributed by atoms with Gasteiger partial charge < -0.3 is 5.73 Å². The minimum atomic E-state index is -0.248. The zero-order valence-corrected chi connectivity index (χ0v) is 10.7. The summed E-state index contributed by atoms with van der Waals surface area (Å²) >= 11 is 0. The lowest BCUT2D eigenvalue weighted by Gasteiger charge is -2.02. The quantitative estimate of drug-likeness (QED) is 0.929. The molecular weight excluding hydrogens is 253 g/mol. The van der Waals surface area contributed by atoms with Crippen LogP contribution in [-0.4, -0.2) is 9.78 Å². The highest BCUT2D eigenvalue weighted by atomic mass is 35.5. The molecule has 1 fully saturated rings. The van der Waals surface area contributed by atoms with E-state index < -0.39 is 0 Å². The molecule has 0 bridgehead atoms. The molecule has 5 heteroatoms. The Labute approximate surface area is 111 Å². The van der Waals surface area contributed by atoms with Crippen LogP contribution in [0.1, 0.15) is 24.4 Å². The van der Waals surface area contributed by atoms with Crippen molar-refractivity contribution in [3.8, 4) is 11.1 Å². The standard InChI is InChI=1S/C13H14FN3.ClH/c14-12-4-9(6-15)3-10(5-12)11-7-16-17(8-11)13-1-2-13;/h3-5,7-8,13H,1-2,6,15H2;1H. The molecule has 2 aromatic rings. The van der Waals surface area contributed by atoms with E-state index in [1.165, 1.54) is 25.0 Å². The van der Waals surface area contributed by atoms with Gasteiger partial charge in [-0.1, -0.05) is 0 Å². The van der Waals surface area contributed by atoms with E-state index >= 15 is 0 Å². The average molecular weight is 268 g/mol. The molecule has 3 nitrogen and oxygen atoms in total. The molecule has 0 spiro atoms. The van der Waals surface area contributed by atoms with Gasteiger partial charge in [0.25, 0.3) is 0 Å². The van der Waals surface area contributed by atoms with Gasteiger partial charge >= 0.3 is 0 Å². The predicted octanol–water partition coefficient (Wildman–Crippen LogP) is 2.90. The zero-order chi connectivity index (χ0) is 11.8. The second-order valence-corrected chi connectivity index (χ2v) is 4.49. The van der Waals surface area contributed by atoms with E-state index in [4.69, 9.17) is 5.73 Å². The number of benzene rings is 1. The number of halogens is 2. The Morgan fingerprint density at radius 2 is 2.06 bits per heavy atom. The van der Waals surface area contributed by atoms with Crippen molar-refractivity contribution in [3.05, 3.63) is 42.0 Å². The third-order valence-corrected chi connectivity index (χ3v) is 3.05. The van der Waals surface area contributed by atoms with Crippen LogP contribution in [-0.2, 0) is 6.54 Å². The summed E-state index contributed by atoms with van der Waals surface area (Å²) in [4.78, 5) is 0. The molecule has 1 aliphatic rings. The molecule has 0 amide bonds. The Kier molecular flexibility index (Phi) is 3.68. The molecule has 1 heterocycles. The molecule has 0 radical (unpaired) electrons. The molecular formula is C13H15ClFN3. The molecule has 18 heavy (non-hydrogen) atoms. The van der Waals surface area contributed by atoms with Crippen LogP contribution in [0.2, 0.25) is 0 Å². The number of nitrogens with zero attached hydrogens (tertiary/aromatic N) is 2. The van der Waals surface area contributed by atoms with Gasteiger partial charge in [0.1, 0.15) is 5.82 Å². The molecule has 1 aromatic carbocycles. The molecule has 1 saturated carbocycles. The Balaban J connectivity index is 0.00000120. The lowest BCUT2D eigenvalue weighted by Crippen LogP contribution is -1.97. The van der Waals surface area contributed by atoms with E-state index in [0.29, 0.717) is 12.6 Å². The molecule has 3 rings (SSSR count). The van der Waals surface area contributed by atoms with E-state index in [1.807, 2.05) is 16.9 Å². The molecule has 0 atom stereocenters. The Morgan fingerprint density at radius 3 is 2.72 bits per heavy atom. The van der Waals surface area contributed by atoms with Crippen molar-refractivity contribution in [2.45, 2.75) is 25.4 Å². The van der Waals surface area contributed by atoms with E-state index in [0.717, 1.165) is 16.7 Å². The first-order chi connectivity index (χ1) is 8.26. The minimum absolute atomic E-state index is 0. The van der Waals surface area contributed by atoms with Crippen molar-refractivity contribution in [1.82, 2.24) is 9.78 Å². The van der Waals surface area contributed by atoms with Crippen LogP contribution < -0.4 is 5.73 Å². The number of nitrogens with two attached hydrogens (primary N) is 1. The molecule has 96 valence electrons. The Morgan fingerprint density at radius 1 is 1.28 bits per heavy atom. The largest absolute Gasteiger partial charge is 0.326 e. The monoisotopic (exact) mass is 267 g/mol. The summed E-state index contributed by atoms with van der Waals surface area (Å²) in [5.74, 6) is -0.248. The first kappa shape index (κ1) is 13.1. The van der Waals surface area contributed by atoms with Crippen molar-refractivity contribution in [1.29, 1.82) is 0 Å². The van der Waals surface area contributed by atoms with Crippen molar-refractivity contribution < 1.29 is 4.39 Å². The maximum absolute atomic E-state index is 13.4. The minimum Gasteiger partial charge on any atom is -0.326 e. The van der Waals surface area contributed by atoms with E-state index in [9.17, 15) is 4.39 Å². The summed E-state index contributed by atoms with van der Waals surface area (Å²) in [5, 5.41) is 4.30. The third kappa shape index (κ3) is 2.54. The summed E-state index contributed by atoms with van der Waals surface area (Å²) in [5.41, 5.74) is 8.14. The van der Waals surface area contributed by atoms with Crippen LogP contribution >= 0.6 is 12.4 Å². The molecule has 0 aliphatic heterocycles. The van der Waals surface area contributed by atoms with Gasteiger partial charge in [-0.25, -0.2) is 4.39 Å². The van der Waals surface area contributed by atoms with Gasteiger partial charge in [-0.3, -0.25) is 4.68 Å². The first-order valence-corrected chi connectivity index (χ1v) is 5.80. The van der Waals surface area contributed by atoms with E-state index in [-0.39, 0.29) is 18.2 Å². The van der Waals surface area contributed by atoms with Gasteiger partial charge in [0.2, 0.25) is 0 Å². The molecule has 0 unspecified atom stereocenters. The third-order valence-electron chi connectivity index (χ3n) is 3.05. The normalized spacial score (nSPS) is 14.3. The summed E-state index contributed by atoms with van der Waals surface area (Å²) in [7, 11) is 0. The van der Waals surface area contributed by atoms with Crippen LogP contribution in [0.5, 0.6) is 0 Å². The summed E-state index contributed by atoms with van der Waals surface area (Å²) in [6.45, 7) is 0.349. The summed E-state index contributed by atoms with van der Waals surface area (Å²) < 4.78 is 15.4. The predicted molar refractivity (Wildman–Crippen MR) is 71.0 cm³/mol. The zero-order valence-electron chi connectivity index (χ0n) is 9.84. The Bertz CT molecular complexity index is 549. The fourth-order valence-corrected chi connectivity index (χ4v) is 1.96. The fraction of sp³-hybridized carbons (Fsp3) is 0.308. The van der Waals surface area contributed by atoms with Crippen LogP contribution in [0, 0.1) is 5.82 Å². The van der Waals surface area contributed by atoms with Crippen LogP contribution in [0.25, 0.3) is 11.1 Å². The molecule has 2 N–H and O–H groups in total. The van der Waals surface area contributed by atoms with Crippen molar-refractivity contribution in [3.63, 3.8) is 0 Å². The lowest BCUT2D eigenvalue weighted by atomic mass is 10.1. The number of aromatic nitrogens is 2. The van der Waals surface area contributed by atoms with Crippen molar-refractivity contribution in [2.24, 2.45) is 5.73 Å². The topological polar surface area (TPSA) is 43.8 Å². The highest BCUT2D eigenvalue weighted by molar-refractivity contribution is 5.85. The van der Waals surface area contributed by atoms with Gasteiger partial charge in [-0.05, 0) is 42.2 Å². The fourth-order valence-electron chi connectivity index (χ4n) is 1.96. The maximum Gasteiger partial charge on any atom is 0.124 e. The molecule has 0 saturated heterocycles. The molecule has 1 aromatic heterocycles. The SMILES string of the molecule is Cl.NCc1cc(F)cc(-c2cnn(C3CC3)c2)c1. The average Bonchev–Trinajstić information content (AvgIpc) is 3.06. The van der Waals surface area contributed by atoms with Crippen molar-refractivity contribution >= 4 is 12.4 Å². The summed E-state index contributed by atoms with van der Waals surface area (Å²) in [6.07, 6.45) is 6.15. The smallest absolute Gasteiger partial charge is 0.124 e. The first-order valence-electron chi connectivity index (χ1n) is 5.80. The number of rotatable bonds is 3. The van der Waals surface area contributed by atoms with Crippen molar-refractivity contribution in [2.75, 3.05) is 0 Å². The van der Waals surface area contributed by atoms with Gasteiger partial charge in [0.15, 0.2) is 0 Å². The van der Waals surface area contributed by atoms with E-state index in [2.05, 4.69) is 5.10 Å². The number of hydrogen-bond donors (Lipinski definition) is 1. The summed E-state index contributed by atoms with van der Waals surface area (Å²) in [6, 6.07) is 5.45. The maximum atomic E-state index is 13.4. The van der Waals surface area contributed by atoms with Gasteiger partial charge in [0, 0.05) is 18.3 Å². The van der Waals surface area contributed by atoms with Crippen LogP contribution in [0.4, 0.5) is 4.39 Å². The van der Waals surface area contributed by atoms with Gasteiger partial charge in [-0.2, -0.15) is 5.10 Å². The van der Waals surface area contributed by atoms with E-state index in [1.54, 1.807) is 6.20 Å². The highest BCUT2D eigenvalue weighted by Gasteiger charge is 2.24. The number of hydrogen-bond acceptors (Lipinski definition) is 2. The van der Waals surface area contributed by atoms with Crippen LogP contribution in [0.3, 0.4) is 0 Å². The second-order valence-electron chi connectivity index (χ2n) is 4.49. The molecule has 1 aliphatic carbocycles. The lowest BCUT2D eigenvalue weighted by molar-refractivity contribution is 0.626. The van der Waals surface area contributed by atoms with Gasteiger partial charge in [0.05, 0.1) is 12.2 Å². The second kappa shape index (κ2) is 5.08. The Hall–Kier alpha value is -1.39. The van der Waals surface area contributed by atoms with Crippen LogP contribution in [0.15, 0.2) is 30.6 Å².